The fraction of sp³-hybridized carbons (Fsp3) is 0.778. The Labute approximate surface area is 147 Å². The summed E-state index contributed by atoms with van der Waals surface area (Å²) >= 11 is 0. The number of aromatic nitrogens is 1. The van der Waals surface area contributed by atoms with E-state index in [0.29, 0.717) is 56.2 Å². The van der Waals surface area contributed by atoms with Crippen LogP contribution in [0.3, 0.4) is 0 Å². The van der Waals surface area contributed by atoms with Crippen molar-refractivity contribution in [3.05, 3.63) is 17.5 Å². The molecule has 0 saturated carbocycles. The van der Waals surface area contributed by atoms with E-state index in [-0.39, 0.29) is 11.3 Å². The summed E-state index contributed by atoms with van der Waals surface area (Å²) in [6.45, 7) is 7.61. The fourth-order valence-electron chi connectivity index (χ4n) is 4.16. The van der Waals surface area contributed by atoms with Gasteiger partial charge in [-0.05, 0) is 25.7 Å². The van der Waals surface area contributed by atoms with Crippen molar-refractivity contribution in [3.63, 3.8) is 0 Å². The smallest absolute Gasteiger partial charge is 0.276 e. The van der Waals surface area contributed by atoms with Crippen molar-refractivity contribution >= 4 is 5.91 Å². The van der Waals surface area contributed by atoms with Crippen LogP contribution in [0.2, 0.25) is 0 Å². The largest absolute Gasteiger partial charge is 0.381 e. The van der Waals surface area contributed by atoms with E-state index in [1.165, 1.54) is 0 Å². The van der Waals surface area contributed by atoms with E-state index in [4.69, 9.17) is 18.7 Å². The van der Waals surface area contributed by atoms with Gasteiger partial charge < -0.3 is 23.6 Å². The molecular formula is C18H26N2O5. The van der Waals surface area contributed by atoms with Crippen LogP contribution in [0.25, 0.3) is 0 Å². The molecule has 1 aromatic rings. The molecule has 1 amide bonds. The van der Waals surface area contributed by atoms with Gasteiger partial charge in [0.1, 0.15) is 5.76 Å². The summed E-state index contributed by atoms with van der Waals surface area (Å²) in [5.41, 5.74) is 0.302. The zero-order valence-corrected chi connectivity index (χ0v) is 14.7. The van der Waals surface area contributed by atoms with Crippen LogP contribution in [0, 0.1) is 24.2 Å². The summed E-state index contributed by atoms with van der Waals surface area (Å²) in [6, 6.07) is 1.70. The van der Waals surface area contributed by atoms with Crippen LogP contribution in [0.1, 0.15) is 29.1 Å². The number of carbonyl (C=O) groups excluding carboxylic acids is 1. The van der Waals surface area contributed by atoms with Crippen molar-refractivity contribution in [1.29, 1.82) is 0 Å². The van der Waals surface area contributed by atoms with Crippen molar-refractivity contribution in [3.8, 4) is 0 Å². The first-order chi connectivity index (χ1) is 12.2. The minimum Gasteiger partial charge on any atom is -0.381 e. The van der Waals surface area contributed by atoms with Crippen molar-refractivity contribution in [2.75, 3.05) is 52.7 Å². The van der Waals surface area contributed by atoms with Gasteiger partial charge in [-0.25, -0.2) is 0 Å². The van der Waals surface area contributed by atoms with Gasteiger partial charge in [-0.3, -0.25) is 4.79 Å². The van der Waals surface area contributed by atoms with E-state index < -0.39 is 0 Å². The Balaban J connectivity index is 1.36. The van der Waals surface area contributed by atoms with Gasteiger partial charge in [0.05, 0.1) is 19.8 Å². The van der Waals surface area contributed by atoms with Crippen LogP contribution in [0.5, 0.6) is 0 Å². The summed E-state index contributed by atoms with van der Waals surface area (Å²) in [5.74, 6) is 1.51. The topological polar surface area (TPSA) is 74.0 Å². The molecule has 0 spiro atoms. The molecule has 138 valence electrons. The second kappa shape index (κ2) is 7.05. The van der Waals surface area contributed by atoms with Gasteiger partial charge in [0.15, 0.2) is 5.69 Å². The van der Waals surface area contributed by atoms with Gasteiger partial charge in [-0.15, -0.1) is 0 Å². The Kier molecular flexibility index (Phi) is 4.80. The molecule has 3 aliphatic rings. The molecular weight excluding hydrogens is 324 g/mol. The third-order valence-corrected chi connectivity index (χ3v) is 5.74. The molecule has 0 aliphatic carbocycles. The van der Waals surface area contributed by atoms with Crippen LogP contribution in [-0.4, -0.2) is 68.7 Å². The molecule has 4 heterocycles. The SMILES string of the molecule is Cc1cc(C(=O)N2C[C@@H]3COC[C@]3(COCC3CCOCC3)C2)no1. The van der Waals surface area contributed by atoms with E-state index >= 15 is 0 Å². The minimum atomic E-state index is -0.0837. The second-order valence-corrected chi connectivity index (χ2v) is 7.65. The van der Waals surface area contributed by atoms with Gasteiger partial charge in [-0.2, -0.15) is 0 Å². The summed E-state index contributed by atoms with van der Waals surface area (Å²) in [5, 5.41) is 3.86. The molecule has 25 heavy (non-hydrogen) atoms. The van der Waals surface area contributed by atoms with Gasteiger partial charge in [0.2, 0.25) is 0 Å². The lowest BCUT2D eigenvalue weighted by molar-refractivity contribution is -0.0151. The van der Waals surface area contributed by atoms with Crippen molar-refractivity contribution in [1.82, 2.24) is 10.1 Å². The van der Waals surface area contributed by atoms with Crippen LogP contribution < -0.4 is 0 Å². The number of amides is 1. The highest BCUT2D eigenvalue weighted by Gasteiger charge is 2.52. The predicted molar refractivity (Wildman–Crippen MR) is 88.2 cm³/mol. The molecule has 1 aromatic heterocycles. The third-order valence-electron chi connectivity index (χ3n) is 5.74. The van der Waals surface area contributed by atoms with Crippen molar-refractivity contribution in [2.24, 2.45) is 17.3 Å². The molecule has 0 radical (unpaired) electrons. The van der Waals surface area contributed by atoms with Crippen LogP contribution >= 0.6 is 0 Å². The summed E-state index contributed by atoms with van der Waals surface area (Å²) in [6.07, 6.45) is 2.14. The Morgan fingerprint density at radius 3 is 3.00 bits per heavy atom. The Morgan fingerprint density at radius 2 is 2.24 bits per heavy atom. The summed E-state index contributed by atoms with van der Waals surface area (Å²) in [4.78, 5) is 14.5. The summed E-state index contributed by atoms with van der Waals surface area (Å²) in [7, 11) is 0. The van der Waals surface area contributed by atoms with Crippen LogP contribution in [0.15, 0.2) is 10.6 Å². The Bertz CT molecular complexity index is 612. The van der Waals surface area contributed by atoms with Gasteiger partial charge in [0, 0.05) is 50.3 Å². The van der Waals surface area contributed by atoms with E-state index in [1.807, 2.05) is 4.90 Å². The summed E-state index contributed by atoms with van der Waals surface area (Å²) < 4.78 is 22.3. The van der Waals surface area contributed by atoms with Gasteiger partial charge >= 0.3 is 0 Å². The zero-order chi connectivity index (χ0) is 17.3. The highest BCUT2D eigenvalue weighted by atomic mass is 16.5. The first-order valence-corrected chi connectivity index (χ1v) is 9.12. The quantitative estimate of drug-likeness (QED) is 0.801. The maximum atomic E-state index is 12.7. The lowest BCUT2D eigenvalue weighted by Gasteiger charge is -2.28. The molecule has 4 rings (SSSR count). The monoisotopic (exact) mass is 350 g/mol. The molecule has 3 fully saturated rings. The number of ether oxygens (including phenoxy) is 3. The predicted octanol–water partition coefficient (Wildman–Crippen LogP) is 1.51. The number of hydrogen-bond donors (Lipinski definition) is 0. The second-order valence-electron chi connectivity index (χ2n) is 7.65. The molecule has 3 saturated heterocycles. The minimum absolute atomic E-state index is 0.0601. The Hall–Kier alpha value is -1.44. The standard InChI is InChI=1S/C18H26N2O5/c1-13-6-16(19-25-13)17(21)20-7-15-9-24-12-18(15,10-20)11-23-8-14-2-4-22-5-3-14/h6,14-15H,2-5,7-12H2,1H3/t15-,18-/m1/s1. The highest BCUT2D eigenvalue weighted by Crippen LogP contribution is 2.42. The maximum Gasteiger partial charge on any atom is 0.276 e. The molecule has 0 N–H and O–H groups in total. The molecule has 7 nitrogen and oxygen atoms in total. The molecule has 7 heteroatoms. The maximum absolute atomic E-state index is 12.7. The highest BCUT2D eigenvalue weighted by molar-refractivity contribution is 5.92. The zero-order valence-electron chi connectivity index (χ0n) is 14.7. The molecule has 3 aliphatic heterocycles. The normalized spacial score (nSPS) is 30.0. The number of carbonyl (C=O) groups is 1. The van der Waals surface area contributed by atoms with E-state index in [2.05, 4.69) is 5.16 Å². The number of nitrogens with zero attached hydrogens (tertiary/aromatic N) is 2. The number of rotatable bonds is 5. The van der Waals surface area contributed by atoms with Crippen molar-refractivity contribution in [2.45, 2.75) is 19.8 Å². The number of aryl methyl sites for hydroxylation is 1. The van der Waals surface area contributed by atoms with Crippen LogP contribution in [0.4, 0.5) is 0 Å². The lowest BCUT2D eigenvalue weighted by atomic mass is 9.82. The lowest BCUT2D eigenvalue weighted by Crippen LogP contribution is -2.38. The molecule has 0 unspecified atom stereocenters. The van der Waals surface area contributed by atoms with E-state index in [0.717, 1.165) is 32.7 Å². The number of fused-ring (bicyclic) bond motifs is 1. The van der Waals surface area contributed by atoms with Gasteiger partial charge in [-0.1, -0.05) is 5.16 Å². The fourth-order valence-corrected chi connectivity index (χ4v) is 4.16. The Morgan fingerprint density at radius 1 is 1.40 bits per heavy atom. The van der Waals surface area contributed by atoms with Crippen molar-refractivity contribution < 1.29 is 23.5 Å². The average molecular weight is 350 g/mol. The van der Waals surface area contributed by atoms with E-state index in [1.54, 1.807) is 13.0 Å². The average Bonchev–Trinajstić information content (AvgIpc) is 3.29. The van der Waals surface area contributed by atoms with E-state index in [9.17, 15) is 4.79 Å². The number of hydrogen-bond acceptors (Lipinski definition) is 6. The molecule has 2 atom stereocenters. The first-order valence-electron chi connectivity index (χ1n) is 9.12. The third kappa shape index (κ3) is 3.45. The van der Waals surface area contributed by atoms with Crippen LogP contribution in [-0.2, 0) is 14.2 Å². The number of likely N-dealkylation sites (tertiary alicyclic amines) is 1. The molecule has 0 aromatic carbocycles. The first kappa shape index (κ1) is 17.0. The van der Waals surface area contributed by atoms with Gasteiger partial charge in [0.25, 0.3) is 5.91 Å². The molecule has 0 bridgehead atoms.